The molecule has 10 nitrogen and oxygen atoms in total. The summed E-state index contributed by atoms with van der Waals surface area (Å²) in [4.78, 5) is 30.0. The van der Waals surface area contributed by atoms with Crippen molar-refractivity contribution in [1.29, 1.82) is 0 Å². The lowest BCUT2D eigenvalue weighted by atomic mass is 9.94. The lowest BCUT2D eigenvalue weighted by molar-refractivity contribution is -0.139. The van der Waals surface area contributed by atoms with Crippen LogP contribution in [0.1, 0.15) is 32.9 Å². The maximum absolute atomic E-state index is 13.3. The second-order valence-electron chi connectivity index (χ2n) is 7.81. The molecule has 1 aromatic heterocycles. The third-order valence-corrected chi connectivity index (χ3v) is 5.72. The van der Waals surface area contributed by atoms with E-state index in [1.165, 1.54) is 11.9 Å². The predicted molar refractivity (Wildman–Crippen MR) is 95.7 cm³/mol. The Labute approximate surface area is 157 Å². The minimum absolute atomic E-state index is 0.0433. The predicted octanol–water partition coefficient (Wildman–Crippen LogP) is -0.689. The zero-order valence-electron chi connectivity index (χ0n) is 15.7. The molecule has 10 heteroatoms. The van der Waals surface area contributed by atoms with Gasteiger partial charge in [-0.1, -0.05) is 11.6 Å². The van der Waals surface area contributed by atoms with Gasteiger partial charge in [0, 0.05) is 32.2 Å². The number of rotatable bonds is 4. The van der Waals surface area contributed by atoms with Crippen molar-refractivity contribution >= 4 is 11.8 Å². The van der Waals surface area contributed by atoms with Gasteiger partial charge in [0.05, 0.1) is 11.8 Å². The fourth-order valence-corrected chi connectivity index (χ4v) is 4.23. The molecule has 2 unspecified atom stereocenters. The molecule has 146 valence electrons. The van der Waals surface area contributed by atoms with Gasteiger partial charge in [-0.3, -0.25) is 15.0 Å². The number of piperidine rings is 1. The first-order chi connectivity index (χ1) is 13.0. The summed E-state index contributed by atoms with van der Waals surface area (Å²) in [5.41, 5.74) is 7.30. The highest BCUT2D eigenvalue weighted by atomic mass is 16.2. The summed E-state index contributed by atoms with van der Waals surface area (Å²) < 4.78 is 1.56. The van der Waals surface area contributed by atoms with Crippen molar-refractivity contribution in [2.45, 2.75) is 38.9 Å². The average molecular weight is 374 g/mol. The maximum Gasteiger partial charge on any atom is 0.230 e. The lowest BCUT2D eigenvalue weighted by Gasteiger charge is -2.35. The van der Waals surface area contributed by atoms with Crippen LogP contribution in [-0.4, -0.2) is 74.0 Å². The van der Waals surface area contributed by atoms with Gasteiger partial charge in [-0.25, -0.2) is 10.1 Å². The van der Waals surface area contributed by atoms with Crippen LogP contribution >= 0.6 is 0 Å². The maximum atomic E-state index is 13.3. The molecule has 4 fully saturated rings. The van der Waals surface area contributed by atoms with Crippen LogP contribution in [0.3, 0.4) is 0 Å². The van der Waals surface area contributed by atoms with Gasteiger partial charge in [0.15, 0.2) is 0 Å². The Kier molecular flexibility index (Phi) is 4.92. The number of hydrazine groups is 1. The molecule has 27 heavy (non-hydrogen) atoms. The topological polar surface area (TPSA) is 108 Å². The molecule has 0 aromatic carbocycles. The smallest absolute Gasteiger partial charge is 0.230 e. The molecule has 4 saturated heterocycles. The first-order valence-electron chi connectivity index (χ1n) is 9.48. The summed E-state index contributed by atoms with van der Waals surface area (Å²) in [7, 11) is 0. The minimum Gasteiger partial charge on any atom is -0.339 e. The number of nitrogens with one attached hydrogen (secondary N) is 2. The van der Waals surface area contributed by atoms with Gasteiger partial charge >= 0.3 is 0 Å². The number of carbonyl (C=O) groups is 2. The second-order valence-corrected chi connectivity index (χ2v) is 7.81. The summed E-state index contributed by atoms with van der Waals surface area (Å²) >= 11 is 0. The summed E-state index contributed by atoms with van der Waals surface area (Å²) in [5.74, 6) is -0.195. The van der Waals surface area contributed by atoms with Gasteiger partial charge in [-0.15, -0.1) is 5.10 Å². The zero-order valence-corrected chi connectivity index (χ0v) is 15.7. The molecule has 4 aliphatic rings. The number of hydrogen-bond acceptors (Lipinski definition) is 7. The molecular formula is C17H26N8O2. The Balaban J connectivity index is 1.51. The zero-order chi connectivity index (χ0) is 19.0. The van der Waals surface area contributed by atoms with Gasteiger partial charge < -0.3 is 9.80 Å². The van der Waals surface area contributed by atoms with Crippen LogP contribution in [0.4, 0.5) is 0 Å². The number of carbonyl (C=O) groups excluding carboxylic acids is 2. The van der Waals surface area contributed by atoms with E-state index in [0.717, 1.165) is 12.8 Å². The van der Waals surface area contributed by atoms with Crippen molar-refractivity contribution in [3.8, 4) is 0 Å². The Morgan fingerprint density at radius 3 is 2.93 bits per heavy atom. The summed E-state index contributed by atoms with van der Waals surface area (Å²) in [6.07, 6.45) is 5.07. The molecular weight excluding hydrogens is 348 g/mol. The fourth-order valence-electron chi connectivity index (χ4n) is 4.23. The first-order valence-corrected chi connectivity index (χ1v) is 9.48. The van der Waals surface area contributed by atoms with Crippen molar-refractivity contribution in [2.24, 2.45) is 11.8 Å². The molecule has 2 N–H and O–H groups in total. The van der Waals surface area contributed by atoms with E-state index in [9.17, 15) is 9.59 Å². The molecule has 4 atom stereocenters. The van der Waals surface area contributed by atoms with Crippen LogP contribution in [0, 0.1) is 11.8 Å². The van der Waals surface area contributed by atoms with Crippen molar-refractivity contribution in [3.05, 3.63) is 18.0 Å². The Bertz CT molecular complexity index is 729. The van der Waals surface area contributed by atoms with Crippen molar-refractivity contribution in [1.82, 2.24) is 40.9 Å². The van der Waals surface area contributed by atoms with Crippen LogP contribution in [0.2, 0.25) is 0 Å². The Hall–Kier alpha value is -2.33. The van der Waals surface area contributed by atoms with Gasteiger partial charge in [0.1, 0.15) is 12.5 Å². The molecule has 2 bridgehead atoms. The van der Waals surface area contributed by atoms with E-state index in [1.54, 1.807) is 4.68 Å². The number of aromatic nitrogens is 4. The summed E-state index contributed by atoms with van der Waals surface area (Å²) in [5, 5.41) is 11.2. The molecule has 0 saturated carbocycles. The Morgan fingerprint density at radius 1 is 1.33 bits per heavy atom. The highest BCUT2D eigenvalue weighted by Crippen LogP contribution is 2.31. The average Bonchev–Trinajstić information content (AvgIpc) is 3.26. The van der Waals surface area contributed by atoms with Gasteiger partial charge in [-0.05, 0) is 37.1 Å². The van der Waals surface area contributed by atoms with E-state index in [1.807, 2.05) is 23.6 Å². The van der Waals surface area contributed by atoms with Crippen LogP contribution in [0.25, 0.3) is 0 Å². The number of amides is 2. The monoisotopic (exact) mass is 374 g/mol. The molecule has 2 amide bonds. The third kappa shape index (κ3) is 3.46. The molecule has 0 spiro atoms. The second kappa shape index (κ2) is 7.35. The molecule has 4 aliphatic heterocycles. The van der Waals surface area contributed by atoms with Crippen LogP contribution in [0.5, 0.6) is 0 Å². The quantitative estimate of drug-likeness (QED) is 0.672. The largest absolute Gasteiger partial charge is 0.339 e. The number of tetrazole rings is 1. The van der Waals surface area contributed by atoms with Gasteiger partial charge in [0.25, 0.3) is 0 Å². The SMILES string of the molecule is CC(C)=CCN1C(=O)[C@H]2CC[C@@H]1CN(C(=O)C1CNNC1n1cnnn1)C2. The summed E-state index contributed by atoms with van der Waals surface area (Å²) in [6, 6.07) is 0.0876. The van der Waals surface area contributed by atoms with Gasteiger partial charge in [-0.2, -0.15) is 0 Å². The van der Waals surface area contributed by atoms with Crippen LogP contribution < -0.4 is 10.9 Å². The number of allylic oxidation sites excluding steroid dienone is 1. The lowest BCUT2D eigenvalue weighted by Crippen LogP contribution is -2.48. The normalized spacial score (nSPS) is 30.5. The molecule has 0 radical (unpaired) electrons. The number of fused-ring (bicyclic) bond motifs is 4. The highest BCUT2D eigenvalue weighted by molar-refractivity contribution is 5.84. The highest BCUT2D eigenvalue weighted by Gasteiger charge is 2.44. The van der Waals surface area contributed by atoms with Crippen molar-refractivity contribution in [3.63, 3.8) is 0 Å². The van der Waals surface area contributed by atoms with E-state index >= 15 is 0 Å². The molecule has 5 rings (SSSR count). The number of hydrogen-bond donors (Lipinski definition) is 2. The molecule has 1 aromatic rings. The van der Waals surface area contributed by atoms with E-state index in [0.29, 0.717) is 26.2 Å². The molecule has 0 aliphatic carbocycles. The third-order valence-electron chi connectivity index (χ3n) is 5.72. The fraction of sp³-hybridized carbons (Fsp3) is 0.706. The standard InChI is InChI=1S/C17H26N8O2/c1-11(2)5-6-24-13-4-3-12(16(24)26)8-23(9-13)17(27)14-7-18-20-15(14)25-10-19-21-22-25/h5,10,12-15,18,20H,3-4,6-9H2,1-2H3/t12-,13+,14?,15?/m0/s1. The van der Waals surface area contributed by atoms with E-state index < -0.39 is 0 Å². The van der Waals surface area contributed by atoms with Gasteiger partial charge in [0.2, 0.25) is 11.8 Å². The van der Waals surface area contributed by atoms with Crippen molar-refractivity contribution in [2.75, 3.05) is 26.2 Å². The summed E-state index contributed by atoms with van der Waals surface area (Å²) in [6.45, 7) is 6.30. The number of nitrogens with zero attached hydrogens (tertiary/aromatic N) is 6. The molecule has 5 heterocycles. The van der Waals surface area contributed by atoms with E-state index in [4.69, 9.17) is 0 Å². The minimum atomic E-state index is -0.328. The first kappa shape index (κ1) is 18.1. The van der Waals surface area contributed by atoms with Crippen molar-refractivity contribution < 1.29 is 9.59 Å². The van der Waals surface area contributed by atoms with E-state index in [-0.39, 0.29) is 35.9 Å². The van der Waals surface area contributed by atoms with E-state index in [2.05, 4.69) is 32.5 Å². The Morgan fingerprint density at radius 2 is 2.19 bits per heavy atom. The van der Waals surface area contributed by atoms with Crippen LogP contribution in [-0.2, 0) is 9.59 Å². The van der Waals surface area contributed by atoms with Crippen LogP contribution in [0.15, 0.2) is 18.0 Å².